The fourth-order valence-electron chi connectivity index (χ4n) is 0.814. The van der Waals surface area contributed by atoms with E-state index in [4.69, 9.17) is 10.8 Å². The summed E-state index contributed by atoms with van der Waals surface area (Å²) >= 11 is 0. The topological polar surface area (TPSA) is 49.5 Å². The van der Waals surface area contributed by atoms with Crippen molar-refractivity contribution in [2.45, 2.75) is 12.8 Å². The highest BCUT2D eigenvalue weighted by molar-refractivity contribution is 4.50. The summed E-state index contributed by atoms with van der Waals surface area (Å²) in [6.45, 7) is 3.05. The number of aliphatic hydroxyl groups excluding tert-OH is 1. The van der Waals surface area contributed by atoms with Gasteiger partial charge in [0.05, 0.1) is 0 Å². The zero-order valence-corrected chi connectivity index (χ0v) is 6.71. The molecule has 0 aliphatic heterocycles. The van der Waals surface area contributed by atoms with Gasteiger partial charge in [0.1, 0.15) is 0 Å². The highest BCUT2D eigenvalue weighted by atomic mass is 16.3. The van der Waals surface area contributed by atoms with Crippen molar-refractivity contribution in [2.24, 2.45) is 5.73 Å². The van der Waals surface area contributed by atoms with Gasteiger partial charge in [0.2, 0.25) is 0 Å². The van der Waals surface area contributed by atoms with E-state index in [-0.39, 0.29) is 6.61 Å². The van der Waals surface area contributed by atoms with Gasteiger partial charge in [0.25, 0.3) is 0 Å². The van der Waals surface area contributed by atoms with Crippen molar-refractivity contribution in [3.05, 3.63) is 0 Å². The van der Waals surface area contributed by atoms with Crippen molar-refractivity contribution in [1.29, 1.82) is 0 Å². The van der Waals surface area contributed by atoms with Crippen molar-refractivity contribution in [2.75, 3.05) is 33.3 Å². The molecule has 0 rings (SSSR count). The quantitative estimate of drug-likeness (QED) is 0.538. The lowest BCUT2D eigenvalue weighted by molar-refractivity contribution is 0.247. The van der Waals surface area contributed by atoms with Gasteiger partial charge in [-0.25, -0.2) is 0 Å². The maximum absolute atomic E-state index is 8.49. The Morgan fingerprint density at radius 2 is 1.90 bits per heavy atom. The normalized spacial score (nSPS) is 10.8. The van der Waals surface area contributed by atoms with Crippen LogP contribution in [0.2, 0.25) is 0 Å². The first-order valence-electron chi connectivity index (χ1n) is 3.80. The van der Waals surface area contributed by atoms with Gasteiger partial charge in [0, 0.05) is 13.2 Å². The molecule has 0 radical (unpaired) electrons. The van der Waals surface area contributed by atoms with Crippen LogP contribution in [0.3, 0.4) is 0 Å². The minimum Gasteiger partial charge on any atom is -0.396 e. The van der Waals surface area contributed by atoms with Gasteiger partial charge in [-0.15, -0.1) is 0 Å². The summed E-state index contributed by atoms with van der Waals surface area (Å²) in [5.41, 5.74) is 5.33. The van der Waals surface area contributed by atoms with Gasteiger partial charge in [0.15, 0.2) is 0 Å². The third-order valence-corrected chi connectivity index (χ3v) is 1.44. The lowest BCUT2D eigenvalue weighted by atomic mass is 10.3. The molecule has 0 bridgehead atoms. The zero-order valence-electron chi connectivity index (χ0n) is 6.71. The van der Waals surface area contributed by atoms with Crippen molar-refractivity contribution >= 4 is 0 Å². The summed E-state index contributed by atoms with van der Waals surface area (Å²) in [4.78, 5) is 2.18. The number of hydrogen-bond acceptors (Lipinski definition) is 3. The lowest BCUT2D eigenvalue weighted by Crippen LogP contribution is -2.23. The molecule has 0 aromatic carbocycles. The van der Waals surface area contributed by atoms with Crippen molar-refractivity contribution < 1.29 is 5.11 Å². The Bertz CT molecular complexity index is 60.6. The smallest absolute Gasteiger partial charge is 0.0443 e. The molecule has 0 aliphatic carbocycles. The zero-order chi connectivity index (χ0) is 7.82. The van der Waals surface area contributed by atoms with Crippen LogP contribution < -0.4 is 5.73 Å². The van der Waals surface area contributed by atoms with Gasteiger partial charge >= 0.3 is 0 Å². The van der Waals surface area contributed by atoms with Gasteiger partial charge < -0.3 is 15.7 Å². The van der Waals surface area contributed by atoms with E-state index in [1.54, 1.807) is 0 Å². The summed E-state index contributed by atoms with van der Waals surface area (Å²) in [6, 6.07) is 0. The third-order valence-electron chi connectivity index (χ3n) is 1.44. The van der Waals surface area contributed by atoms with E-state index < -0.39 is 0 Å². The lowest BCUT2D eigenvalue weighted by Gasteiger charge is -2.14. The number of hydrogen-bond donors (Lipinski definition) is 2. The number of nitrogens with two attached hydrogens (primary N) is 1. The first kappa shape index (κ1) is 9.88. The van der Waals surface area contributed by atoms with Crippen LogP contribution in [-0.2, 0) is 0 Å². The molecule has 0 aromatic heterocycles. The largest absolute Gasteiger partial charge is 0.396 e. The SMILES string of the molecule is CN(CCCN)CCCO. The summed E-state index contributed by atoms with van der Waals surface area (Å²) in [5.74, 6) is 0. The fraction of sp³-hybridized carbons (Fsp3) is 1.00. The molecule has 3 heteroatoms. The second-order valence-electron chi connectivity index (χ2n) is 2.52. The van der Waals surface area contributed by atoms with Gasteiger partial charge in [-0.05, 0) is 33.0 Å². The Balaban J connectivity index is 3.00. The number of rotatable bonds is 6. The molecule has 3 nitrogen and oxygen atoms in total. The number of nitrogens with zero attached hydrogens (tertiary/aromatic N) is 1. The molecule has 0 saturated carbocycles. The maximum Gasteiger partial charge on any atom is 0.0443 e. The van der Waals surface area contributed by atoms with Crippen molar-refractivity contribution in [3.63, 3.8) is 0 Å². The molecule has 0 heterocycles. The monoisotopic (exact) mass is 146 g/mol. The van der Waals surface area contributed by atoms with E-state index in [1.165, 1.54) is 0 Å². The highest BCUT2D eigenvalue weighted by Gasteiger charge is 1.94. The molecule has 0 spiro atoms. The van der Waals surface area contributed by atoms with Crippen molar-refractivity contribution in [1.82, 2.24) is 4.90 Å². The Morgan fingerprint density at radius 1 is 1.30 bits per heavy atom. The summed E-state index contributed by atoms with van der Waals surface area (Å²) in [5, 5.41) is 8.49. The second kappa shape index (κ2) is 6.99. The van der Waals surface area contributed by atoms with Crippen LogP contribution in [-0.4, -0.2) is 43.3 Å². The molecule has 0 amide bonds. The van der Waals surface area contributed by atoms with Crippen LogP contribution >= 0.6 is 0 Å². The van der Waals surface area contributed by atoms with E-state index in [9.17, 15) is 0 Å². The first-order valence-corrected chi connectivity index (χ1v) is 3.80. The fourth-order valence-corrected chi connectivity index (χ4v) is 0.814. The molecule has 62 valence electrons. The molecule has 0 fully saturated rings. The van der Waals surface area contributed by atoms with Crippen LogP contribution in [0.5, 0.6) is 0 Å². The predicted octanol–water partition coefficient (Wildman–Crippen LogP) is -0.351. The van der Waals surface area contributed by atoms with Gasteiger partial charge in [-0.1, -0.05) is 0 Å². The number of aliphatic hydroxyl groups is 1. The van der Waals surface area contributed by atoms with Gasteiger partial charge in [-0.2, -0.15) is 0 Å². The average Bonchev–Trinajstić information content (AvgIpc) is 1.97. The molecule has 10 heavy (non-hydrogen) atoms. The van der Waals surface area contributed by atoms with Crippen LogP contribution in [0.25, 0.3) is 0 Å². The Kier molecular flexibility index (Phi) is 6.91. The molecule has 0 aromatic rings. The van der Waals surface area contributed by atoms with Crippen LogP contribution in [0.1, 0.15) is 12.8 Å². The highest BCUT2D eigenvalue weighted by Crippen LogP contribution is 1.87. The molecule has 0 unspecified atom stereocenters. The Labute approximate surface area is 62.8 Å². The molecule has 0 aliphatic rings. The minimum absolute atomic E-state index is 0.285. The van der Waals surface area contributed by atoms with Crippen molar-refractivity contribution in [3.8, 4) is 0 Å². The van der Waals surface area contributed by atoms with Crippen LogP contribution in [0.4, 0.5) is 0 Å². The molecular weight excluding hydrogens is 128 g/mol. The average molecular weight is 146 g/mol. The van der Waals surface area contributed by atoms with E-state index >= 15 is 0 Å². The van der Waals surface area contributed by atoms with E-state index in [1.807, 2.05) is 7.05 Å². The van der Waals surface area contributed by atoms with E-state index in [0.717, 1.165) is 32.5 Å². The summed E-state index contributed by atoms with van der Waals surface area (Å²) in [6.07, 6.45) is 1.91. The third kappa shape index (κ3) is 6.01. The van der Waals surface area contributed by atoms with Crippen LogP contribution in [0.15, 0.2) is 0 Å². The Hall–Kier alpha value is -0.120. The van der Waals surface area contributed by atoms with Gasteiger partial charge in [-0.3, -0.25) is 0 Å². The standard InChI is InChI=1S/C7H18N2O/c1-9(5-2-4-8)6-3-7-10/h10H,2-8H2,1H3. The maximum atomic E-state index is 8.49. The molecular formula is C7H18N2O. The predicted molar refractivity (Wildman–Crippen MR) is 42.9 cm³/mol. The summed E-state index contributed by atoms with van der Waals surface area (Å²) in [7, 11) is 2.05. The molecule has 3 N–H and O–H groups in total. The first-order chi connectivity index (χ1) is 4.81. The molecule has 0 atom stereocenters. The minimum atomic E-state index is 0.285. The van der Waals surface area contributed by atoms with Crippen LogP contribution in [0, 0.1) is 0 Å². The Morgan fingerprint density at radius 3 is 2.40 bits per heavy atom. The summed E-state index contributed by atoms with van der Waals surface area (Å²) < 4.78 is 0. The molecule has 0 saturated heterocycles. The van der Waals surface area contributed by atoms with E-state index in [0.29, 0.717) is 0 Å². The second-order valence-corrected chi connectivity index (χ2v) is 2.52. The van der Waals surface area contributed by atoms with E-state index in [2.05, 4.69) is 4.90 Å².